The second kappa shape index (κ2) is 7.75. The molecule has 0 fully saturated rings. The third-order valence-corrected chi connectivity index (χ3v) is 4.40. The smallest absolute Gasteiger partial charge is 0.256 e. The third kappa shape index (κ3) is 4.65. The average molecular weight is 379 g/mol. The number of nitrogens with two attached hydrogens (primary N) is 1. The van der Waals surface area contributed by atoms with Crippen molar-refractivity contribution in [2.24, 2.45) is 11.7 Å². The summed E-state index contributed by atoms with van der Waals surface area (Å²) >= 11 is 3.44. The Balaban J connectivity index is 2.03. The zero-order chi connectivity index (χ0) is 17.0. The van der Waals surface area contributed by atoms with Crippen molar-refractivity contribution < 1.29 is 4.79 Å². The highest BCUT2D eigenvalue weighted by Gasteiger charge is 2.16. The summed E-state index contributed by atoms with van der Waals surface area (Å²) in [4.78, 5) is 14.2. The van der Waals surface area contributed by atoms with Crippen LogP contribution in [0.25, 0.3) is 5.69 Å². The lowest BCUT2D eigenvalue weighted by Gasteiger charge is -2.21. The number of aromatic nitrogens is 2. The molecule has 1 atom stereocenters. The minimum atomic E-state index is -0.0396. The zero-order valence-electron chi connectivity index (χ0n) is 13.7. The summed E-state index contributed by atoms with van der Waals surface area (Å²) in [7, 11) is 1.80. The van der Waals surface area contributed by atoms with Crippen molar-refractivity contribution in [1.82, 2.24) is 14.7 Å². The van der Waals surface area contributed by atoms with Gasteiger partial charge in [-0.2, -0.15) is 5.10 Å². The van der Waals surface area contributed by atoms with E-state index >= 15 is 0 Å². The van der Waals surface area contributed by atoms with Gasteiger partial charge < -0.3 is 10.6 Å². The van der Waals surface area contributed by atoms with Crippen LogP contribution in [0.2, 0.25) is 0 Å². The maximum atomic E-state index is 12.5. The Morgan fingerprint density at radius 3 is 2.83 bits per heavy atom. The molecule has 0 aliphatic carbocycles. The zero-order valence-corrected chi connectivity index (χ0v) is 15.3. The molecule has 0 saturated heterocycles. The Morgan fingerprint density at radius 1 is 1.43 bits per heavy atom. The van der Waals surface area contributed by atoms with Crippen LogP contribution in [0.5, 0.6) is 0 Å². The minimum Gasteiger partial charge on any atom is -0.342 e. The van der Waals surface area contributed by atoms with Crippen LogP contribution in [0.4, 0.5) is 0 Å². The monoisotopic (exact) mass is 378 g/mol. The number of carbonyl (C=O) groups is 1. The van der Waals surface area contributed by atoms with Crippen molar-refractivity contribution in [3.05, 3.63) is 46.7 Å². The Bertz CT molecular complexity index is 668. The van der Waals surface area contributed by atoms with Crippen molar-refractivity contribution in [2.75, 3.05) is 13.6 Å². The maximum Gasteiger partial charge on any atom is 0.256 e. The summed E-state index contributed by atoms with van der Waals surface area (Å²) < 4.78 is 2.67. The molecule has 23 heavy (non-hydrogen) atoms. The number of nitrogens with zero attached hydrogens (tertiary/aromatic N) is 3. The van der Waals surface area contributed by atoms with E-state index < -0.39 is 0 Å². The number of halogens is 1. The topological polar surface area (TPSA) is 64.2 Å². The van der Waals surface area contributed by atoms with Crippen molar-refractivity contribution in [2.45, 2.75) is 26.3 Å². The van der Waals surface area contributed by atoms with Gasteiger partial charge in [0.2, 0.25) is 0 Å². The molecular formula is C17H23BrN4O. The lowest BCUT2D eigenvalue weighted by Crippen LogP contribution is -2.34. The van der Waals surface area contributed by atoms with Gasteiger partial charge in [0, 0.05) is 30.3 Å². The van der Waals surface area contributed by atoms with Gasteiger partial charge in [0.1, 0.15) is 0 Å². The molecule has 2 N–H and O–H groups in total. The van der Waals surface area contributed by atoms with Crippen LogP contribution in [-0.4, -0.2) is 40.2 Å². The van der Waals surface area contributed by atoms with E-state index in [0.717, 1.165) is 16.6 Å². The van der Waals surface area contributed by atoms with Crippen LogP contribution in [-0.2, 0) is 0 Å². The molecule has 0 aliphatic heterocycles. The summed E-state index contributed by atoms with van der Waals surface area (Å²) in [5.74, 6) is 0.375. The highest BCUT2D eigenvalue weighted by Crippen LogP contribution is 2.16. The van der Waals surface area contributed by atoms with Crippen molar-refractivity contribution in [3.63, 3.8) is 0 Å². The molecule has 124 valence electrons. The lowest BCUT2D eigenvalue weighted by atomic mass is 10.0. The van der Waals surface area contributed by atoms with E-state index in [9.17, 15) is 4.79 Å². The van der Waals surface area contributed by atoms with E-state index in [0.29, 0.717) is 18.0 Å². The molecule has 1 aromatic carbocycles. The molecule has 1 heterocycles. The minimum absolute atomic E-state index is 0.0396. The molecule has 0 saturated carbocycles. The molecule has 5 nitrogen and oxygen atoms in total. The van der Waals surface area contributed by atoms with Gasteiger partial charge in [0.05, 0.1) is 17.4 Å². The van der Waals surface area contributed by atoms with Crippen molar-refractivity contribution in [3.8, 4) is 5.69 Å². The fourth-order valence-electron chi connectivity index (χ4n) is 2.19. The second-order valence-electron chi connectivity index (χ2n) is 6.08. The molecule has 1 aromatic heterocycles. The highest BCUT2D eigenvalue weighted by molar-refractivity contribution is 9.10. The Labute approximate surface area is 145 Å². The quantitative estimate of drug-likeness (QED) is 0.839. The molecule has 0 bridgehead atoms. The number of hydrogen-bond donors (Lipinski definition) is 1. The van der Waals surface area contributed by atoms with Gasteiger partial charge in [-0.05, 0) is 30.5 Å². The Kier molecular flexibility index (Phi) is 5.96. The first kappa shape index (κ1) is 17.7. The Hall–Kier alpha value is -1.66. The van der Waals surface area contributed by atoms with Crippen LogP contribution < -0.4 is 5.73 Å². The van der Waals surface area contributed by atoms with Gasteiger partial charge >= 0.3 is 0 Å². The summed E-state index contributed by atoms with van der Waals surface area (Å²) in [5.41, 5.74) is 7.52. The third-order valence-electron chi connectivity index (χ3n) is 3.90. The molecule has 2 rings (SSSR count). The number of hydrogen-bond acceptors (Lipinski definition) is 3. The van der Waals surface area contributed by atoms with Crippen LogP contribution in [0, 0.1) is 5.92 Å². The van der Waals surface area contributed by atoms with E-state index in [2.05, 4.69) is 34.9 Å². The summed E-state index contributed by atoms with van der Waals surface area (Å²) in [6.45, 7) is 4.82. The van der Waals surface area contributed by atoms with Crippen LogP contribution in [0.1, 0.15) is 30.6 Å². The van der Waals surface area contributed by atoms with Gasteiger partial charge in [-0.25, -0.2) is 4.68 Å². The fourth-order valence-corrected chi connectivity index (χ4v) is 2.58. The van der Waals surface area contributed by atoms with Crippen molar-refractivity contribution >= 4 is 21.8 Å². The first-order valence-electron chi connectivity index (χ1n) is 7.70. The average Bonchev–Trinajstić information content (AvgIpc) is 3.01. The van der Waals surface area contributed by atoms with Gasteiger partial charge in [0.15, 0.2) is 0 Å². The fraction of sp³-hybridized carbons (Fsp3) is 0.412. The molecule has 0 spiro atoms. The van der Waals surface area contributed by atoms with E-state index in [1.165, 1.54) is 0 Å². The van der Waals surface area contributed by atoms with Crippen LogP contribution >= 0.6 is 15.9 Å². The molecule has 0 radical (unpaired) electrons. The van der Waals surface area contributed by atoms with E-state index in [1.807, 2.05) is 24.3 Å². The molecule has 1 amide bonds. The SMILES string of the molecule is CC(C)C(N)CCN(C)C(=O)c1cnn(-c2cccc(Br)c2)c1. The summed E-state index contributed by atoms with van der Waals surface area (Å²) in [5, 5.41) is 4.28. The van der Waals surface area contributed by atoms with Crippen molar-refractivity contribution in [1.29, 1.82) is 0 Å². The summed E-state index contributed by atoms with van der Waals surface area (Å²) in [6.07, 6.45) is 4.14. The predicted molar refractivity (Wildman–Crippen MR) is 95.7 cm³/mol. The standard InChI is InChI=1S/C17H23BrN4O/c1-12(2)16(19)7-8-21(3)17(23)13-10-20-22(11-13)15-6-4-5-14(18)9-15/h4-6,9-12,16H,7-8,19H2,1-3H3. The predicted octanol–water partition coefficient (Wildman–Crippen LogP) is 3.08. The maximum absolute atomic E-state index is 12.5. The summed E-state index contributed by atoms with van der Waals surface area (Å²) in [6, 6.07) is 7.88. The number of carbonyl (C=O) groups excluding carboxylic acids is 1. The van der Waals surface area contributed by atoms with Gasteiger partial charge in [-0.3, -0.25) is 4.79 Å². The van der Waals surface area contributed by atoms with Gasteiger partial charge in [-0.1, -0.05) is 35.8 Å². The van der Waals surface area contributed by atoms with E-state index in [1.54, 1.807) is 29.0 Å². The Morgan fingerprint density at radius 2 is 2.17 bits per heavy atom. The van der Waals surface area contributed by atoms with Gasteiger partial charge in [-0.15, -0.1) is 0 Å². The normalized spacial score (nSPS) is 12.4. The van der Waals surface area contributed by atoms with E-state index in [-0.39, 0.29) is 11.9 Å². The first-order chi connectivity index (χ1) is 10.9. The highest BCUT2D eigenvalue weighted by atomic mass is 79.9. The number of benzene rings is 1. The molecule has 6 heteroatoms. The molecule has 0 aliphatic rings. The first-order valence-corrected chi connectivity index (χ1v) is 8.49. The molecule has 2 aromatic rings. The molecule has 1 unspecified atom stereocenters. The number of rotatable bonds is 6. The van der Waals surface area contributed by atoms with Crippen LogP contribution in [0.15, 0.2) is 41.1 Å². The lowest BCUT2D eigenvalue weighted by molar-refractivity contribution is 0.0789. The van der Waals surface area contributed by atoms with E-state index in [4.69, 9.17) is 5.73 Å². The van der Waals surface area contributed by atoms with Gasteiger partial charge in [0.25, 0.3) is 5.91 Å². The number of amides is 1. The second-order valence-corrected chi connectivity index (χ2v) is 6.99. The van der Waals surface area contributed by atoms with Crippen LogP contribution in [0.3, 0.4) is 0 Å². The molecular weight excluding hydrogens is 356 g/mol. The largest absolute Gasteiger partial charge is 0.342 e.